The van der Waals surface area contributed by atoms with Gasteiger partial charge in [0.2, 0.25) is 5.91 Å². The van der Waals surface area contributed by atoms with E-state index in [9.17, 15) is 4.79 Å². The Balaban J connectivity index is 2.16. The summed E-state index contributed by atoms with van der Waals surface area (Å²) in [5, 5.41) is 0. The Hall–Kier alpha value is -2.39. The molecule has 0 unspecified atom stereocenters. The number of benzene rings is 3. The Morgan fingerprint density at radius 1 is 0.759 bits per heavy atom. The van der Waals surface area contributed by atoms with Gasteiger partial charge >= 0.3 is 0 Å². The van der Waals surface area contributed by atoms with Crippen LogP contribution in [0.1, 0.15) is 40.3 Å². The molecule has 3 heteroatoms. The van der Waals surface area contributed by atoms with Crippen LogP contribution in [0.3, 0.4) is 0 Å². The van der Waals surface area contributed by atoms with Gasteiger partial charge in [0.15, 0.2) is 0 Å². The van der Waals surface area contributed by atoms with Crippen molar-refractivity contribution in [3.63, 3.8) is 0 Å². The summed E-state index contributed by atoms with van der Waals surface area (Å²) < 4.78 is 0.906. The lowest BCUT2D eigenvalue weighted by Crippen LogP contribution is -2.25. The Labute approximate surface area is 182 Å². The quantitative estimate of drug-likeness (QED) is 0.401. The minimum Gasteiger partial charge on any atom is -0.280 e. The van der Waals surface area contributed by atoms with Crippen molar-refractivity contribution in [1.82, 2.24) is 0 Å². The average molecular weight is 450 g/mol. The van der Waals surface area contributed by atoms with Gasteiger partial charge < -0.3 is 0 Å². The number of hydrogen-bond acceptors (Lipinski definition) is 1. The van der Waals surface area contributed by atoms with E-state index in [0.717, 1.165) is 32.5 Å². The van der Waals surface area contributed by atoms with Gasteiger partial charge in [-0.3, -0.25) is 9.69 Å². The van der Waals surface area contributed by atoms with E-state index in [4.69, 9.17) is 0 Å². The number of nitrogens with zero attached hydrogens (tertiary/aromatic N) is 1. The van der Waals surface area contributed by atoms with Crippen molar-refractivity contribution in [3.05, 3.63) is 80.3 Å². The highest BCUT2D eigenvalue weighted by Crippen LogP contribution is 2.39. The van der Waals surface area contributed by atoms with Gasteiger partial charge in [-0.05, 0) is 103 Å². The zero-order valence-corrected chi connectivity index (χ0v) is 19.9. The Morgan fingerprint density at radius 2 is 1.24 bits per heavy atom. The van der Waals surface area contributed by atoms with E-state index in [2.05, 4.69) is 93.9 Å². The molecular formula is C26H28BrNO. The standard InChI is InChI=1S/C26H28BrNO/c1-15-10-17(3)25(18(4)11-15)22-8-9-24(23(27)14-22)28(21(7)29)26-19(5)12-16(2)13-20(26)6/h8-14H,1-7H3. The van der Waals surface area contributed by atoms with Crippen LogP contribution < -0.4 is 4.90 Å². The predicted molar refractivity (Wildman–Crippen MR) is 127 cm³/mol. The third-order valence-electron chi connectivity index (χ3n) is 5.33. The lowest BCUT2D eigenvalue weighted by atomic mass is 9.93. The number of rotatable bonds is 3. The van der Waals surface area contributed by atoms with Crippen molar-refractivity contribution in [2.24, 2.45) is 0 Å². The zero-order chi connectivity index (χ0) is 21.5. The van der Waals surface area contributed by atoms with E-state index in [0.29, 0.717) is 0 Å². The maximum Gasteiger partial charge on any atom is 0.228 e. The molecule has 2 nitrogen and oxygen atoms in total. The molecule has 0 bridgehead atoms. The van der Waals surface area contributed by atoms with Crippen molar-refractivity contribution < 1.29 is 4.79 Å². The molecule has 0 aromatic heterocycles. The first-order valence-corrected chi connectivity index (χ1v) is 10.7. The van der Waals surface area contributed by atoms with E-state index < -0.39 is 0 Å². The molecule has 150 valence electrons. The van der Waals surface area contributed by atoms with Gasteiger partial charge in [0, 0.05) is 11.4 Å². The van der Waals surface area contributed by atoms with Gasteiger partial charge in [0.1, 0.15) is 0 Å². The molecule has 0 radical (unpaired) electrons. The molecule has 0 aliphatic rings. The fraction of sp³-hybridized carbons (Fsp3) is 0.269. The molecule has 0 aliphatic heterocycles. The average Bonchev–Trinajstić information content (AvgIpc) is 2.57. The molecule has 0 atom stereocenters. The normalized spacial score (nSPS) is 10.9. The van der Waals surface area contributed by atoms with Crippen LogP contribution in [0.5, 0.6) is 0 Å². The zero-order valence-electron chi connectivity index (χ0n) is 18.3. The van der Waals surface area contributed by atoms with Gasteiger partial charge in [-0.25, -0.2) is 0 Å². The van der Waals surface area contributed by atoms with E-state index in [1.807, 2.05) is 11.0 Å². The van der Waals surface area contributed by atoms with Crippen molar-refractivity contribution in [2.45, 2.75) is 48.5 Å². The number of anilines is 2. The molecule has 3 rings (SSSR count). The number of aryl methyl sites for hydroxylation is 6. The van der Waals surface area contributed by atoms with Crippen LogP contribution in [-0.4, -0.2) is 5.91 Å². The van der Waals surface area contributed by atoms with Gasteiger partial charge in [-0.15, -0.1) is 0 Å². The summed E-state index contributed by atoms with van der Waals surface area (Å²) in [6, 6.07) is 14.9. The van der Waals surface area contributed by atoms with Crippen LogP contribution in [0.4, 0.5) is 11.4 Å². The number of carbonyl (C=O) groups is 1. The molecule has 0 spiro atoms. The molecule has 3 aromatic carbocycles. The van der Waals surface area contributed by atoms with Crippen molar-refractivity contribution >= 4 is 33.2 Å². The van der Waals surface area contributed by atoms with Gasteiger partial charge in [0.05, 0.1) is 11.4 Å². The lowest BCUT2D eigenvalue weighted by Gasteiger charge is -2.27. The number of halogens is 1. The first-order valence-electron chi connectivity index (χ1n) is 9.86. The first-order chi connectivity index (χ1) is 13.6. The molecule has 0 saturated heterocycles. The van der Waals surface area contributed by atoms with Gasteiger partial charge in [0.25, 0.3) is 0 Å². The van der Waals surface area contributed by atoms with Crippen LogP contribution >= 0.6 is 15.9 Å². The minimum atomic E-state index is -0.00352. The summed E-state index contributed by atoms with van der Waals surface area (Å²) in [6.07, 6.45) is 0. The molecule has 0 N–H and O–H groups in total. The van der Waals surface area contributed by atoms with Crippen molar-refractivity contribution in [1.29, 1.82) is 0 Å². The predicted octanol–water partition coefficient (Wildman–Crippen LogP) is 7.65. The maximum atomic E-state index is 12.7. The van der Waals surface area contributed by atoms with Crippen LogP contribution in [0.2, 0.25) is 0 Å². The second kappa shape index (κ2) is 8.16. The van der Waals surface area contributed by atoms with E-state index in [1.165, 1.54) is 27.8 Å². The summed E-state index contributed by atoms with van der Waals surface area (Å²) in [5.74, 6) is -0.00352. The van der Waals surface area contributed by atoms with Gasteiger partial charge in [-0.2, -0.15) is 0 Å². The smallest absolute Gasteiger partial charge is 0.228 e. The number of carbonyl (C=O) groups excluding carboxylic acids is 1. The second-order valence-electron chi connectivity index (χ2n) is 8.04. The Bertz CT molecular complexity index is 1070. The van der Waals surface area contributed by atoms with Crippen molar-refractivity contribution in [2.75, 3.05) is 4.90 Å². The third kappa shape index (κ3) is 4.16. The first kappa shape index (κ1) is 21.3. The number of hydrogen-bond donors (Lipinski definition) is 0. The summed E-state index contributed by atoms with van der Waals surface area (Å²) in [5.41, 5.74) is 11.4. The fourth-order valence-electron chi connectivity index (χ4n) is 4.45. The SMILES string of the molecule is CC(=O)N(c1ccc(-c2c(C)cc(C)cc2C)cc1Br)c1c(C)cc(C)cc1C. The van der Waals surface area contributed by atoms with E-state index in [-0.39, 0.29) is 5.91 Å². The molecule has 0 fully saturated rings. The summed E-state index contributed by atoms with van der Waals surface area (Å²) >= 11 is 3.74. The fourth-order valence-corrected chi connectivity index (χ4v) is 5.01. The topological polar surface area (TPSA) is 20.3 Å². The third-order valence-corrected chi connectivity index (χ3v) is 5.96. The summed E-state index contributed by atoms with van der Waals surface area (Å²) in [4.78, 5) is 14.5. The highest BCUT2D eigenvalue weighted by molar-refractivity contribution is 9.10. The Morgan fingerprint density at radius 3 is 1.69 bits per heavy atom. The molecule has 29 heavy (non-hydrogen) atoms. The van der Waals surface area contributed by atoms with Crippen molar-refractivity contribution in [3.8, 4) is 11.1 Å². The second-order valence-corrected chi connectivity index (χ2v) is 8.90. The van der Waals surface area contributed by atoms with Crippen LogP contribution in [0.25, 0.3) is 11.1 Å². The molecule has 1 amide bonds. The van der Waals surface area contributed by atoms with Crippen LogP contribution in [0, 0.1) is 41.5 Å². The maximum absolute atomic E-state index is 12.7. The van der Waals surface area contributed by atoms with Gasteiger partial charge in [-0.1, -0.05) is 41.5 Å². The molecule has 0 aliphatic carbocycles. The molecular weight excluding hydrogens is 422 g/mol. The monoisotopic (exact) mass is 449 g/mol. The highest BCUT2D eigenvalue weighted by atomic mass is 79.9. The number of amides is 1. The molecule has 0 saturated carbocycles. The summed E-state index contributed by atoms with van der Waals surface area (Å²) in [6.45, 7) is 14.3. The molecule has 3 aromatic rings. The summed E-state index contributed by atoms with van der Waals surface area (Å²) in [7, 11) is 0. The minimum absolute atomic E-state index is 0.00352. The Kier molecular flexibility index (Phi) is 6.00. The van der Waals surface area contributed by atoms with E-state index in [1.54, 1.807) is 6.92 Å². The van der Waals surface area contributed by atoms with E-state index >= 15 is 0 Å². The highest BCUT2D eigenvalue weighted by Gasteiger charge is 2.21. The largest absolute Gasteiger partial charge is 0.280 e. The van der Waals surface area contributed by atoms with Crippen LogP contribution in [0.15, 0.2) is 46.9 Å². The lowest BCUT2D eigenvalue weighted by molar-refractivity contribution is -0.115. The van der Waals surface area contributed by atoms with Crippen LogP contribution in [-0.2, 0) is 4.79 Å². The molecule has 0 heterocycles.